The fraction of sp³-hybridized carbons (Fsp3) is 0.182. The van der Waals surface area contributed by atoms with E-state index in [0.29, 0.717) is 17.5 Å². The highest BCUT2D eigenvalue weighted by molar-refractivity contribution is 7.09. The van der Waals surface area contributed by atoms with E-state index in [0.717, 1.165) is 16.2 Å². The predicted molar refractivity (Wildman–Crippen MR) is 67.5 cm³/mol. The lowest BCUT2D eigenvalue weighted by molar-refractivity contribution is 0.307. The van der Waals surface area contributed by atoms with Crippen LogP contribution in [0.1, 0.15) is 10.4 Å². The van der Waals surface area contributed by atoms with Gasteiger partial charge in [0, 0.05) is 16.8 Å². The monoisotopic (exact) mass is 273 g/mol. The molecule has 2 nitrogen and oxygen atoms in total. The fourth-order valence-electron chi connectivity index (χ4n) is 1.27. The zero-order valence-corrected chi connectivity index (χ0v) is 10.6. The lowest BCUT2D eigenvalue weighted by Crippen LogP contribution is -1.96. The molecule has 0 saturated heterocycles. The maximum Gasteiger partial charge on any atom is 0.125 e. The molecule has 0 aliphatic rings. The molecule has 5 heteroatoms. The quantitative estimate of drug-likeness (QED) is 0.782. The van der Waals surface area contributed by atoms with Crippen LogP contribution in [0.25, 0.3) is 0 Å². The molecule has 0 spiro atoms. The number of ether oxygens (including phenoxy) is 1. The third-order valence-electron chi connectivity index (χ3n) is 2.06. The highest BCUT2D eigenvalue weighted by Gasteiger charge is 2.07. The summed E-state index contributed by atoms with van der Waals surface area (Å²) in [7, 11) is 0. The molecule has 0 fully saturated rings. The van der Waals surface area contributed by atoms with E-state index in [2.05, 4.69) is 4.98 Å². The van der Waals surface area contributed by atoms with Gasteiger partial charge in [0.05, 0.1) is 16.3 Å². The first kappa shape index (κ1) is 11.7. The molecule has 0 amide bonds. The summed E-state index contributed by atoms with van der Waals surface area (Å²) in [5.74, 6) is 1.08. The zero-order chi connectivity index (χ0) is 11.4. The minimum atomic E-state index is 0.345. The minimum absolute atomic E-state index is 0.345. The molecule has 0 N–H and O–H groups in total. The van der Waals surface area contributed by atoms with Gasteiger partial charge < -0.3 is 4.74 Å². The van der Waals surface area contributed by atoms with E-state index < -0.39 is 0 Å². The van der Waals surface area contributed by atoms with Gasteiger partial charge in [0.2, 0.25) is 0 Å². The summed E-state index contributed by atoms with van der Waals surface area (Å²) >= 11 is 13.4. The average Bonchev–Trinajstić information content (AvgIpc) is 2.79. The Morgan fingerprint density at radius 1 is 1.38 bits per heavy atom. The smallest absolute Gasteiger partial charge is 0.125 e. The van der Waals surface area contributed by atoms with E-state index in [1.54, 1.807) is 29.1 Å². The number of benzene rings is 1. The van der Waals surface area contributed by atoms with Crippen molar-refractivity contribution in [3.05, 3.63) is 45.4 Å². The SMILES string of the molecule is ClCc1c(Cl)cccc1OCc1cncs1. The molecule has 1 heterocycles. The highest BCUT2D eigenvalue weighted by atomic mass is 35.5. The van der Waals surface area contributed by atoms with Gasteiger partial charge in [0.25, 0.3) is 0 Å². The summed E-state index contributed by atoms with van der Waals surface area (Å²) in [5, 5.41) is 0.636. The summed E-state index contributed by atoms with van der Waals surface area (Å²) in [4.78, 5) is 5.05. The van der Waals surface area contributed by atoms with Crippen LogP contribution in [0, 0.1) is 0 Å². The Morgan fingerprint density at radius 2 is 2.25 bits per heavy atom. The third-order valence-corrected chi connectivity index (χ3v) is 3.44. The first-order chi connectivity index (χ1) is 7.81. The van der Waals surface area contributed by atoms with Crippen molar-refractivity contribution in [2.75, 3.05) is 0 Å². The molecule has 0 unspecified atom stereocenters. The Morgan fingerprint density at radius 3 is 2.94 bits per heavy atom. The van der Waals surface area contributed by atoms with Gasteiger partial charge in [0.1, 0.15) is 12.4 Å². The van der Waals surface area contributed by atoms with Crippen LogP contribution in [0.5, 0.6) is 5.75 Å². The van der Waals surface area contributed by atoms with Crippen molar-refractivity contribution in [3.63, 3.8) is 0 Å². The Hall–Kier alpha value is -0.770. The number of hydrogen-bond donors (Lipinski definition) is 0. The number of aromatic nitrogens is 1. The van der Waals surface area contributed by atoms with Crippen molar-refractivity contribution in [1.29, 1.82) is 0 Å². The van der Waals surface area contributed by atoms with Gasteiger partial charge in [-0.1, -0.05) is 17.7 Å². The molecule has 0 saturated carbocycles. The number of alkyl halides is 1. The fourth-order valence-corrected chi connectivity index (χ4v) is 2.35. The Bertz CT molecular complexity index is 459. The first-order valence-electron chi connectivity index (χ1n) is 4.65. The van der Waals surface area contributed by atoms with Gasteiger partial charge in [-0.15, -0.1) is 22.9 Å². The van der Waals surface area contributed by atoms with E-state index >= 15 is 0 Å². The largest absolute Gasteiger partial charge is 0.488 e. The number of hydrogen-bond acceptors (Lipinski definition) is 3. The minimum Gasteiger partial charge on any atom is -0.488 e. The summed E-state index contributed by atoms with van der Waals surface area (Å²) in [5.41, 5.74) is 2.61. The van der Waals surface area contributed by atoms with E-state index in [1.165, 1.54) is 0 Å². The molecule has 2 rings (SSSR count). The summed E-state index contributed by atoms with van der Waals surface area (Å²) < 4.78 is 5.65. The maximum atomic E-state index is 6.02. The van der Waals surface area contributed by atoms with Crippen LogP contribution < -0.4 is 4.74 Å². The van der Waals surface area contributed by atoms with Gasteiger partial charge in [-0.05, 0) is 12.1 Å². The zero-order valence-electron chi connectivity index (χ0n) is 8.32. The number of nitrogens with zero attached hydrogens (tertiary/aromatic N) is 1. The number of rotatable bonds is 4. The molecular weight excluding hydrogens is 265 g/mol. The molecule has 1 aromatic heterocycles. The predicted octanol–water partition coefficient (Wildman–Crippen LogP) is 4.11. The van der Waals surface area contributed by atoms with Crippen LogP contribution in [-0.4, -0.2) is 4.98 Å². The topological polar surface area (TPSA) is 22.1 Å². The van der Waals surface area contributed by atoms with Crippen LogP contribution in [0.15, 0.2) is 29.9 Å². The van der Waals surface area contributed by atoms with E-state index in [9.17, 15) is 0 Å². The van der Waals surface area contributed by atoms with Crippen molar-refractivity contribution >= 4 is 34.5 Å². The van der Waals surface area contributed by atoms with Crippen molar-refractivity contribution in [2.45, 2.75) is 12.5 Å². The molecule has 0 aliphatic heterocycles. The van der Waals surface area contributed by atoms with Crippen molar-refractivity contribution in [3.8, 4) is 5.75 Å². The summed E-state index contributed by atoms with van der Waals surface area (Å²) in [6, 6.07) is 5.52. The van der Waals surface area contributed by atoms with E-state index in [-0.39, 0.29) is 0 Å². The second-order valence-corrected chi connectivity index (χ2v) is 4.75. The maximum absolute atomic E-state index is 6.02. The normalized spacial score (nSPS) is 10.4. The number of thiazole rings is 1. The van der Waals surface area contributed by atoms with Crippen LogP contribution in [0.2, 0.25) is 5.02 Å². The molecule has 0 atom stereocenters. The Labute approximate surface area is 108 Å². The van der Waals surface area contributed by atoms with Crippen LogP contribution >= 0.6 is 34.5 Å². The van der Waals surface area contributed by atoms with Gasteiger partial charge >= 0.3 is 0 Å². The molecule has 1 aromatic carbocycles. The molecule has 0 bridgehead atoms. The second kappa shape index (κ2) is 5.53. The van der Waals surface area contributed by atoms with Crippen molar-refractivity contribution < 1.29 is 4.74 Å². The average molecular weight is 274 g/mol. The molecule has 16 heavy (non-hydrogen) atoms. The van der Waals surface area contributed by atoms with Crippen LogP contribution in [0.3, 0.4) is 0 Å². The summed E-state index contributed by atoms with van der Waals surface area (Å²) in [6.45, 7) is 0.495. The standard InChI is InChI=1S/C11H9Cl2NOS/c12-4-9-10(13)2-1-3-11(9)15-6-8-5-14-7-16-8/h1-3,5,7H,4,6H2. The van der Waals surface area contributed by atoms with Gasteiger partial charge in [0.15, 0.2) is 0 Å². The molecule has 0 aliphatic carbocycles. The summed E-state index contributed by atoms with van der Waals surface area (Å²) in [6.07, 6.45) is 1.79. The van der Waals surface area contributed by atoms with Crippen molar-refractivity contribution in [2.24, 2.45) is 0 Å². The first-order valence-corrected chi connectivity index (χ1v) is 6.44. The van der Waals surface area contributed by atoms with Gasteiger partial charge in [-0.3, -0.25) is 4.98 Å². The van der Waals surface area contributed by atoms with E-state index in [4.69, 9.17) is 27.9 Å². The molecule has 84 valence electrons. The lowest BCUT2D eigenvalue weighted by Gasteiger charge is -2.09. The number of halogens is 2. The molecular formula is C11H9Cl2NOS. The van der Waals surface area contributed by atoms with Gasteiger partial charge in [-0.2, -0.15) is 0 Å². The van der Waals surface area contributed by atoms with Crippen LogP contribution in [0.4, 0.5) is 0 Å². The lowest BCUT2D eigenvalue weighted by atomic mass is 10.2. The highest BCUT2D eigenvalue weighted by Crippen LogP contribution is 2.28. The Balaban J connectivity index is 2.12. The molecule has 2 aromatic rings. The van der Waals surface area contributed by atoms with Crippen molar-refractivity contribution in [1.82, 2.24) is 4.98 Å². The third kappa shape index (κ3) is 2.67. The Kier molecular flexibility index (Phi) is 4.04. The van der Waals surface area contributed by atoms with Crippen LogP contribution in [-0.2, 0) is 12.5 Å². The molecule has 0 radical (unpaired) electrons. The van der Waals surface area contributed by atoms with E-state index in [1.807, 2.05) is 12.1 Å². The van der Waals surface area contributed by atoms with Gasteiger partial charge in [-0.25, -0.2) is 0 Å². The second-order valence-electron chi connectivity index (χ2n) is 3.11.